The van der Waals surface area contributed by atoms with Gasteiger partial charge in [0.15, 0.2) is 5.78 Å². The van der Waals surface area contributed by atoms with Crippen molar-refractivity contribution in [1.29, 1.82) is 0 Å². The molecule has 15 heavy (non-hydrogen) atoms. The number of rotatable bonds is 3. The van der Waals surface area contributed by atoms with Gasteiger partial charge in [-0.3, -0.25) is 4.79 Å². The van der Waals surface area contributed by atoms with E-state index in [2.05, 4.69) is 15.9 Å². The third-order valence-corrected chi connectivity index (χ3v) is 3.27. The average Bonchev–Trinajstić information content (AvgIpc) is 2.15. The maximum absolute atomic E-state index is 12.8. The van der Waals surface area contributed by atoms with E-state index in [1.807, 2.05) is 20.8 Å². The highest BCUT2D eigenvalue weighted by Crippen LogP contribution is 2.23. The number of hydrogen-bond donors (Lipinski definition) is 0. The summed E-state index contributed by atoms with van der Waals surface area (Å²) >= 11 is 3.20. The van der Waals surface area contributed by atoms with Crippen LogP contribution in [0.2, 0.25) is 0 Å². The van der Waals surface area contributed by atoms with Gasteiger partial charge in [0, 0.05) is 16.0 Å². The Bertz CT molecular complexity index is 374. The Morgan fingerprint density at radius 3 is 2.40 bits per heavy atom. The van der Waals surface area contributed by atoms with Crippen LogP contribution in [-0.4, -0.2) is 5.78 Å². The van der Waals surface area contributed by atoms with E-state index in [4.69, 9.17) is 0 Å². The van der Waals surface area contributed by atoms with Crippen molar-refractivity contribution in [3.05, 3.63) is 34.1 Å². The van der Waals surface area contributed by atoms with E-state index in [0.717, 1.165) is 0 Å². The molecular weight excluding hydrogens is 259 g/mol. The molecule has 0 aliphatic rings. The minimum atomic E-state index is -0.337. The number of hydrogen-bond acceptors (Lipinski definition) is 1. The Morgan fingerprint density at radius 2 is 1.93 bits per heavy atom. The van der Waals surface area contributed by atoms with Crippen LogP contribution < -0.4 is 0 Å². The van der Waals surface area contributed by atoms with Crippen molar-refractivity contribution in [2.45, 2.75) is 20.8 Å². The fraction of sp³-hybridized carbons (Fsp3) is 0.417. The largest absolute Gasteiger partial charge is 0.294 e. The summed E-state index contributed by atoms with van der Waals surface area (Å²) in [6.45, 7) is 5.89. The number of carbonyl (C=O) groups excluding carboxylic acids is 1. The van der Waals surface area contributed by atoms with Crippen molar-refractivity contribution in [2.24, 2.45) is 11.8 Å². The van der Waals surface area contributed by atoms with Crippen LogP contribution in [0.5, 0.6) is 0 Å². The average molecular weight is 273 g/mol. The summed E-state index contributed by atoms with van der Waals surface area (Å²) in [5, 5.41) is 0. The first-order valence-corrected chi connectivity index (χ1v) is 5.72. The second-order valence-electron chi connectivity index (χ2n) is 4.02. The quantitative estimate of drug-likeness (QED) is 0.759. The zero-order valence-corrected chi connectivity index (χ0v) is 10.6. The molecular formula is C12H14BrFO. The predicted octanol–water partition coefficient (Wildman–Crippen LogP) is 4.06. The van der Waals surface area contributed by atoms with Gasteiger partial charge in [-0.25, -0.2) is 4.39 Å². The molecule has 0 saturated heterocycles. The van der Waals surface area contributed by atoms with Crippen LogP contribution in [-0.2, 0) is 0 Å². The van der Waals surface area contributed by atoms with Gasteiger partial charge in [0.1, 0.15) is 5.82 Å². The Hall–Kier alpha value is -0.700. The molecule has 3 heteroatoms. The topological polar surface area (TPSA) is 17.1 Å². The van der Waals surface area contributed by atoms with Gasteiger partial charge >= 0.3 is 0 Å². The number of carbonyl (C=O) groups is 1. The molecule has 0 saturated carbocycles. The first-order valence-electron chi connectivity index (χ1n) is 4.92. The van der Waals surface area contributed by atoms with Gasteiger partial charge in [0.25, 0.3) is 0 Å². The Balaban J connectivity index is 3.01. The number of halogens is 2. The van der Waals surface area contributed by atoms with Crippen molar-refractivity contribution >= 4 is 21.7 Å². The lowest BCUT2D eigenvalue weighted by atomic mass is 9.90. The third-order valence-electron chi connectivity index (χ3n) is 2.61. The van der Waals surface area contributed by atoms with Gasteiger partial charge < -0.3 is 0 Å². The van der Waals surface area contributed by atoms with Crippen LogP contribution in [0, 0.1) is 17.7 Å². The van der Waals surface area contributed by atoms with E-state index < -0.39 is 0 Å². The molecule has 1 rings (SSSR count). The monoisotopic (exact) mass is 272 g/mol. The summed E-state index contributed by atoms with van der Waals surface area (Å²) in [7, 11) is 0. The smallest absolute Gasteiger partial charge is 0.167 e. The molecule has 1 unspecified atom stereocenters. The summed E-state index contributed by atoms with van der Waals surface area (Å²) in [5.41, 5.74) is 0.553. The van der Waals surface area contributed by atoms with Crippen LogP contribution in [0.3, 0.4) is 0 Å². The second-order valence-corrected chi connectivity index (χ2v) is 4.88. The van der Waals surface area contributed by atoms with Crippen LogP contribution in [0.4, 0.5) is 4.39 Å². The maximum Gasteiger partial charge on any atom is 0.167 e. The van der Waals surface area contributed by atoms with E-state index in [1.54, 1.807) is 0 Å². The van der Waals surface area contributed by atoms with Crippen molar-refractivity contribution in [3.63, 3.8) is 0 Å². The van der Waals surface area contributed by atoms with Crippen molar-refractivity contribution in [2.75, 3.05) is 0 Å². The molecule has 0 bridgehead atoms. The molecule has 0 aromatic heterocycles. The Labute approximate surface area is 97.8 Å². The fourth-order valence-electron chi connectivity index (χ4n) is 1.24. The molecule has 0 radical (unpaired) electrons. The van der Waals surface area contributed by atoms with Crippen LogP contribution in [0.15, 0.2) is 22.7 Å². The molecule has 0 aliphatic carbocycles. The standard InChI is InChI=1S/C12H14BrFO/c1-7(2)8(3)12(15)10-5-4-9(14)6-11(10)13/h4-8H,1-3H3. The van der Waals surface area contributed by atoms with E-state index >= 15 is 0 Å². The Kier molecular flexibility index (Phi) is 4.03. The summed E-state index contributed by atoms with van der Waals surface area (Å²) in [5.74, 6) is -0.0475. The first-order chi connectivity index (χ1) is 6.93. The van der Waals surface area contributed by atoms with Crippen molar-refractivity contribution in [1.82, 2.24) is 0 Å². The number of Topliss-reactive ketones (excluding diaryl/α,β-unsaturated/α-hetero) is 1. The Morgan fingerprint density at radius 1 is 1.33 bits per heavy atom. The van der Waals surface area contributed by atoms with Crippen molar-refractivity contribution in [3.8, 4) is 0 Å². The second kappa shape index (κ2) is 4.88. The normalized spacial score (nSPS) is 12.9. The summed E-state index contributed by atoms with van der Waals surface area (Å²) < 4.78 is 13.4. The lowest BCUT2D eigenvalue weighted by Gasteiger charge is -2.14. The molecule has 0 heterocycles. The highest BCUT2D eigenvalue weighted by atomic mass is 79.9. The lowest BCUT2D eigenvalue weighted by molar-refractivity contribution is 0.0899. The molecule has 0 aliphatic heterocycles. The summed E-state index contributed by atoms with van der Waals surface area (Å²) in [4.78, 5) is 12.0. The van der Waals surface area contributed by atoms with Gasteiger partial charge in [0.05, 0.1) is 0 Å². The highest BCUT2D eigenvalue weighted by Gasteiger charge is 2.20. The van der Waals surface area contributed by atoms with Crippen LogP contribution >= 0.6 is 15.9 Å². The first kappa shape index (κ1) is 12.4. The van der Waals surface area contributed by atoms with Crippen LogP contribution in [0.25, 0.3) is 0 Å². The zero-order valence-electron chi connectivity index (χ0n) is 9.05. The van der Waals surface area contributed by atoms with Gasteiger partial charge in [-0.1, -0.05) is 20.8 Å². The van der Waals surface area contributed by atoms with E-state index in [9.17, 15) is 9.18 Å². The summed E-state index contributed by atoms with van der Waals surface area (Å²) in [6.07, 6.45) is 0. The highest BCUT2D eigenvalue weighted by molar-refractivity contribution is 9.10. The number of benzene rings is 1. The molecule has 1 aromatic carbocycles. The van der Waals surface area contributed by atoms with Gasteiger partial charge in [0.2, 0.25) is 0 Å². The van der Waals surface area contributed by atoms with Gasteiger partial charge in [-0.2, -0.15) is 0 Å². The van der Waals surface area contributed by atoms with Crippen LogP contribution in [0.1, 0.15) is 31.1 Å². The van der Waals surface area contributed by atoms with Gasteiger partial charge in [-0.05, 0) is 40.0 Å². The number of ketones is 1. The molecule has 1 atom stereocenters. The SMILES string of the molecule is CC(C)C(C)C(=O)c1ccc(F)cc1Br. The molecule has 1 nitrogen and oxygen atoms in total. The molecule has 0 amide bonds. The van der Waals surface area contributed by atoms with E-state index in [-0.39, 0.29) is 23.4 Å². The zero-order chi connectivity index (χ0) is 11.6. The maximum atomic E-state index is 12.8. The lowest BCUT2D eigenvalue weighted by Crippen LogP contribution is -2.17. The minimum absolute atomic E-state index is 0.0493. The molecule has 0 spiro atoms. The van der Waals surface area contributed by atoms with E-state index in [0.29, 0.717) is 10.0 Å². The van der Waals surface area contributed by atoms with E-state index in [1.165, 1.54) is 18.2 Å². The minimum Gasteiger partial charge on any atom is -0.294 e. The third kappa shape index (κ3) is 2.88. The molecule has 0 fully saturated rings. The van der Waals surface area contributed by atoms with Gasteiger partial charge in [-0.15, -0.1) is 0 Å². The molecule has 0 N–H and O–H groups in total. The molecule has 82 valence electrons. The fourth-order valence-corrected chi connectivity index (χ4v) is 1.78. The summed E-state index contributed by atoms with van der Waals surface area (Å²) in [6, 6.07) is 4.16. The molecule has 1 aromatic rings. The predicted molar refractivity (Wildman–Crippen MR) is 62.4 cm³/mol. The van der Waals surface area contributed by atoms with Crippen molar-refractivity contribution < 1.29 is 9.18 Å².